The van der Waals surface area contributed by atoms with Crippen LogP contribution >= 0.6 is 0 Å². The molecular formula is C11H15N5O. The van der Waals surface area contributed by atoms with E-state index in [4.69, 9.17) is 0 Å². The molecule has 0 spiro atoms. The van der Waals surface area contributed by atoms with E-state index in [2.05, 4.69) is 26.5 Å². The molecule has 0 fully saturated rings. The maximum atomic E-state index is 11.5. The lowest BCUT2D eigenvalue weighted by Gasteiger charge is -2.16. The fourth-order valence-corrected chi connectivity index (χ4v) is 1.42. The Hall–Kier alpha value is -2.24. The molecular weight excluding hydrogens is 218 g/mol. The van der Waals surface area contributed by atoms with Crippen LogP contribution in [0.25, 0.3) is 0 Å². The number of hydrogen-bond acceptors (Lipinski definition) is 4. The number of anilines is 1. The Labute approximate surface area is 99.5 Å². The molecule has 0 radical (unpaired) electrons. The predicted molar refractivity (Wildman–Crippen MR) is 66.7 cm³/mol. The van der Waals surface area contributed by atoms with Crippen LogP contribution in [-0.2, 0) is 0 Å². The highest BCUT2D eigenvalue weighted by Gasteiger charge is 2.05. The second-order valence-corrected chi connectivity index (χ2v) is 3.58. The van der Waals surface area contributed by atoms with Crippen LogP contribution < -0.4 is 21.5 Å². The second kappa shape index (κ2) is 5.74. The van der Waals surface area contributed by atoms with E-state index in [0.29, 0.717) is 5.96 Å². The number of amides is 2. The number of carbonyl (C=O) groups is 1. The van der Waals surface area contributed by atoms with Crippen molar-refractivity contribution in [2.45, 2.75) is 6.42 Å². The molecule has 1 aromatic carbocycles. The number of aliphatic imine (C=N–C) groups is 1. The van der Waals surface area contributed by atoms with E-state index < -0.39 is 0 Å². The van der Waals surface area contributed by atoms with Crippen molar-refractivity contribution in [2.24, 2.45) is 4.99 Å². The number of hydrogen-bond donors (Lipinski definition) is 4. The quantitative estimate of drug-likeness (QED) is 0.538. The van der Waals surface area contributed by atoms with Gasteiger partial charge in [0.2, 0.25) is 5.96 Å². The van der Waals surface area contributed by atoms with Crippen LogP contribution in [0.1, 0.15) is 6.42 Å². The minimum absolute atomic E-state index is 0.328. The van der Waals surface area contributed by atoms with Crippen LogP contribution in [-0.4, -0.2) is 25.1 Å². The first-order valence-electron chi connectivity index (χ1n) is 5.51. The maximum Gasteiger partial charge on any atom is 0.337 e. The first-order valence-corrected chi connectivity index (χ1v) is 5.51. The molecule has 1 aliphatic heterocycles. The van der Waals surface area contributed by atoms with Crippen molar-refractivity contribution in [1.29, 1.82) is 0 Å². The van der Waals surface area contributed by atoms with Crippen LogP contribution in [0, 0.1) is 0 Å². The minimum Gasteiger partial charge on any atom is -0.355 e. The van der Waals surface area contributed by atoms with Gasteiger partial charge in [-0.1, -0.05) is 18.2 Å². The van der Waals surface area contributed by atoms with Gasteiger partial charge in [0.25, 0.3) is 0 Å². The Bertz CT molecular complexity index is 404. The summed E-state index contributed by atoms with van der Waals surface area (Å²) in [5.41, 5.74) is 5.97. The zero-order valence-corrected chi connectivity index (χ0v) is 9.36. The Morgan fingerprint density at radius 2 is 2.12 bits per heavy atom. The molecule has 2 rings (SSSR count). The first kappa shape index (κ1) is 11.3. The number of rotatable bonds is 1. The number of guanidine groups is 1. The van der Waals surface area contributed by atoms with E-state index in [0.717, 1.165) is 25.2 Å². The van der Waals surface area contributed by atoms with Gasteiger partial charge >= 0.3 is 6.03 Å². The molecule has 6 heteroatoms. The summed E-state index contributed by atoms with van der Waals surface area (Å²) in [6.45, 7) is 1.64. The van der Waals surface area contributed by atoms with Gasteiger partial charge in [0.15, 0.2) is 0 Å². The summed E-state index contributed by atoms with van der Waals surface area (Å²) in [6.07, 6.45) is 1.02. The number of para-hydroxylation sites is 1. The largest absolute Gasteiger partial charge is 0.355 e. The third-order valence-electron chi connectivity index (χ3n) is 2.22. The van der Waals surface area contributed by atoms with Crippen LogP contribution in [0.5, 0.6) is 0 Å². The van der Waals surface area contributed by atoms with E-state index in [1.165, 1.54) is 0 Å². The molecule has 2 amide bonds. The number of nitrogens with zero attached hydrogens (tertiary/aromatic N) is 1. The van der Waals surface area contributed by atoms with Crippen molar-refractivity contribution in [1.82, 2.24) is 16.2 Å². The van der Waals surface area contributed by atoms with Crippen molar-refractivity contribution in [3.05, 3.63) is 30.3 Å². The van der Waals surface area contributed by atoms with Crippen LogP contribution in [0.4, 0.5) is 10.5 Å². The van der Waals surface area contributed by atoms with E-state index in [9.17, 15) is 4.79 Å². The Balaban J connectivity index is 1.76. The normalized spacial score (nSPS) is 14.2. The van der Waals surface area contributed by atoms with Gasteiger partial charge in [-0.25, -0.2) is 10.2 Å². The van der Waals surface area contributed by atoms with Crippen molar-refractivity contribution >= 4 is 17.7 Å². The highest BCUT2D eigenvalue weighted by Crippen LogP contribution is 2.03. The molecule has 1 aromatic rings. The van der Waals surface area contributed by atoms with Crippen LogP contribution in [0.3, 0.4) is 0 Å². The highest BCUT2D eigenvalue weighted by atomic mass is 16.2. The molecule has 90 valence electrons. The van der Waals surface area contributed by atoms with Gasteiger partial charge in [-0.2, -0.15) is 0 Å². The summed E-state index contributed by atoms with van der Waals surface area (Å²) in [4.78, 5) is 15.6. The van der Waals surface area contributed by atoms with Gasteiger partial charge in [0.1, 0.15) is 0 Å². The summed E-state index contributed by atoms with van der Waals surface area (Å²) in [5, 5.41) is 5.72. The van der Waals surface area contributed by atoms with Crippen LogP contribution in [0.15, 0.2) is 35.3 Å². The van der Waals surface area contributed by atoms with Crippen molar-refractivity contribution in [3.63, 3.8) is 0 Å². The Morgan fingerprint density at radius 1 is 1.29 bits per heavy atom. The molecule has 0 saturated heterocycles. The third-order valence-corrected chi connectivity index (χ3v) is 2.22. The summed E-state index contributed by atoms with van der Waals surface area (Å²) in [5.74, 6) is 0.597. The molecule has 0 atom stereocenters. The molecule has 1 heterocycles. The molecule has 0 unspecified atom stereocenters. The molecule has 4 N–H and O–H groups in total. The zero-order chi connectivity index (χ0) is 11.9. The lowest BCUT2D eigenvalue weighted by molar-refractivity contribution is 0.250. The molecule has 0 aromatic heterocycles. The minimum atomic E-state index is -0.328. The number of benzene rings is 1. The fourth-order valence-electron chi connectivity index (χ4n) is 1.42. The van der Waals surface area contributed by atoms with Gasteiger partial charge in [-0.05, 0) is 18.6 Å². The maximum absolute atomic E-state index is 11.5. The summed E-state index contributed by atoms with van der Waals surface area (Å²) >= 11 is 0. The summed E-state index contributed by atoms with van der Waals surface area (Å²) < 4.78 is 0. The molecule has 0 aliphatic carbocycles. The second-order valence-electron chi connectivity index (χ2n) is 3.58. The number of hydrazine groups is 1. The number of urea groups is 1. The van der Waals surface area contributed by atoms with Gasteiger partial charge in [0.05, 0.1) is 0 Å². The smallest absolute Gasteiger partial charge is 0.337 e. The van der Waals surface area contributed by atoms with Crippen molar-refractivity contribution in [3.8, 4) is 0 Å². The molecule has 1 aliphatic rings. The van der Waals surface area contributed by atoms with E-state index in [1.807, 2.05) is 30.3 Å². The standard InChI is InChI=1S/C11H15N5O/c17-11(14-9-5-2-1-3-6-9)16-15-10-12-7-4-8-13-10/h1-3,5-6H,4,7-8H2,(H2,12,13,15)(H2,14,16,17). The average Bonchev–Trinajstić information content (AvgIpc) is 2.39. The van der Waals surface area contributed by atoms with Crippen molar-refractivity contribution in [2.75, 3.05) is 18.4 Å². The van der Waals surface area contributed by atoms with E-state index in [-0.39, 0.29) is 6.03 Å². The first-order chi connectivity index (χ1) is 8.34. The fraction of sp³-hybridized carbons (Fsp3) is 0.273. The highest BCUT2D eigenvalue weighted by molar-refractivity contribution is 5.91. The number of carbonyl (C=O) groups excluding carboxylic acids is 1. The Morgan fingerprint density at radius 3 is 2.82 bits per heavy atom. The van der Waals surface area contributed by atoms with E-state index in [1.54, 1.807) is 0 Å². The van der Waals surface area contributed by atoms with Gasteiger partial charge in [-0.3, -0.25) is 10.4 Å². The molecule has 17 heavy (non-hydrogen) atoms. The summed E-state index contributed by atoms with van der Waals surface area (Å²) in [6, 6.07) is 8.91. The monoisotopic (exact) mass is 233 g/mol. The van der Waals surface area contributed by atoms with Gasteiger partial charge < -0.3 is 10.6 Å². The topological polar surface area (TPSA) is 77.5 Å². The third kappa shape index (κ3) is 3.67. The SMILES string of the molecule is O=C(NNC1=NCCCN1)Nc1ccccc1. The van der Waals surface area contributed by atoms with Crippen LogP contribution in [0.2, 0.25) is 0 Å². The molecule has 6 nitrogen and oxygen atoms in total. The van der Waals surface area contributed by atoms with Gasteiger partial charge in [-0.15, -0.1) is 0 Å². The molecule has 0 saturated carbocycles. The predicted octanol–water partition coefficient (Wildman–Crippen LogP) is 0.662. The van der Waals surface area contributed by atoms with E-state index >= 15 is 0 Å². The Kier molecular flexibility index (Phi) is 3.80. The number of nitrogens with one attached hydrogen (secondary N) is 4. The van der Waals surface area contributed by atoms with Crippen molar-refractivity contribution < 1.29 is 4.79 Å². The average molecular weight is 233 g/mol. The van der Waals surface area contributed by atoms with Gasteiger partial charge in [0, 0.05) is 18.8 Å². The zero-order valence-electron chi connectivity index (χ0n) is 9.36. The summed E-state index contributed by atoms with van der Waals surface area (Å²) in [7, 11) is 0. The lowest BCUT2D eigenvalue weighted by atomic mass is 10.3. The lowest BCUT2D eigenvalue weighted by Crippen LogP contribution is -2.50. The molecule has 0 bridgehead atoms.